The minimum Gasteiger partial charge on any atom is -0.466 e. The van der Waals surface area contributed by atoms with Gasteiger partial charge in [-0.25, -0.2) is 4.79 Å². The molecule has 0 radical (unpaired) electrons. The van der Waals surface area contributed by atoms with Gasteiger partial charge in [0.05, 0.1) is 13.2 Å². The van der Waals surface area contributed by atoms with E-state index in [0.717, 1.165) is 0 Å². The average molecular weight is 336 g/mol. The Hall–Kier alpha value is -1.50. The van der Waals surface area contributed by atoms with Crippen LogP contribution in [0.4, 0.5) is 0 Å². The summed E-state index contributed by atoms with van der Waals surface area (Å²) in [6, 6.07) is 0. The Kier molecular flexibility index (Phi) is 9.56. The topological polar surface area (TPSA) is 127 Å². The maximum Gasteiger partial charge on any atom is 0.333 e. The molecule has 22 heavy (non-hydrogen) atoms. The van der Waals surface area contributed by atoms with Crippen molar-refractivity contribution < 1.29 is 38.2 Å². The van der Waals surface area contributed by atoms with Crippen LogP contribution in [0.1, 0.15) is 32.6 Å². The van der Waals surface area contributed by atoms with E-state index < -0.39 is 31.5 Å². The van der Waals surface area contributed by atoms with Crippen molar-refractivity contribution in [1.29, 1.82) is 0 Å². The van der Waals surface area contributed by atoms with E-state index in [1.807, 2.05) is 0 Å². The van der Waals surface area contributed by atoms with Crippen molar-refractivity contribution in [3.8, 4) is 0 Å². The average Bonchev–Trinajstić information content (AvgIpc) is 2.37. The first kappa shape index (κ1) is 20.5. The van der Waals surface area contributed by atoms with Crippen LogP contribution in [-0.2, 0) is 28.4 Å². The minimum atomic E-state index is -4.33. The standard InChI is InChI=1S/C13H21O8P/c1-10(2)13(16)21-8-4-6-12(15)20-7-3-5-11(14)9-22(17,18)19/h1,3-9H2,2H3,(H2,17,18,19). The molecule has 2 N–H and O–H groups in total. The van der Waals surface area contributed by atoms with Crippen LogP contribution in [0.2, 0.25) is 0 Å². The molecule has 9 heteroatoms. The third-order valence-corrected chi connectivity index (χ3v) is 3.12. The first-order valence-electron chi connectivity index (χ1n) is 6.66. The number of ketones is 1. The van der Waals surface area contributed by atoms with Gasteiger partial charge in [0.25, 0.3) is 0 Å². The van der Waals surface area contributed by atoms with Crippen LogP contribution in [0, 0.1) is 0 Å². The van der Waals surface area contributed by atoms with E-state index in [2.05, 4.69) is 6.58 Å². The third kappa shape index (κ3) is 12.3. The van der Waals surface area contributed by atoms with Crippen molar-refractivity contribution in [2.45, 2.75) is 32.6 Å². The molecular weight excluding hydrogens is 315 g/mol. The van der Waals surface area contributed by atoms with Crippen LogP contribution in [0.15, 0.2) is 12.2 Å². The lowest BCUT2D eigenvalue weighted by Crippen LogP contribution is -2.11. The molecule has 0 heterocycles. The Morgan fingerprint density at radius 3 is 2.14 bits per heavy atom. The summed E-state index contributed by atoms with van der Waals surface area (Å²) in [5.41, 5.74) is 0.280. The van der Waals surface area contributed by atoms with Gasteiger partial charge in [0, 0.05) is 18.4 Å². The Morgan fingerprint density at radius 1 is 1.05 bits per heavy atom. The van der Waals surface area contributed by atoms with Gasteiger partial charge in [0.15, 0.2) is 0 Å². The number of rotatable bonds is 11. The molecule has 0 rings (SSSR count). The molecule has 126 valence electrons. The van der Waals surface area contributed by atoms with Gasteiger partial charge in [-0.15, -0.1) is 0 Å². The highest BCUT2D eigenvalue weighted by Gasteiger charge is 2.18. The summed E-state index contributed by atoms with van der Waals surface area (Å²) >= 11 is 0. The van der Waals surface area contributed by atoms with E-state index in [-0.39, 0.29) is 38.0 Å². The van der Waals surface area contributed by atoms with Crippen molar-refractivity contribution in [2.24, 2.45) is 0 Å². The zero-order chi connectivity index (χ0) is 17.2. The van der Waals surface area contributed by atoms with Crippen molar-refractivity contribution in [3.05, 3.63) is 12.2 Å². The summed E-state index contributed by atoms with van der Waals surface area (Å²) < 4.78 is 20.2. The maximum atomic E-state index is 11.3. The summed E-state index contributed by atoms with van der Waals surface area (Å²) in [6.07, 6.45) is -0.270. The number of carbonyl (C=O) groups excluding carboxylic acids is 3. The second-order valence-electron chi connectivity index (χ2n) is 4.71. The number of Topliss-reactive ketones (excluding diaryl/α,β-unsaturated/α-hetero) is 1. The normalized spacial score (nSPS) is 10.9. The van der Waals surface area contributed by atoms with Gasteiger partial charge in [0.1, 0.15) is 11.9 Å². The van der Waals surface area contributed by atoms with Crippen LogP contribution in [0.5, 0.6) is 0 Å². The highest BCUT2D eigenvalue weighted by molar-refractivity contribution is 7.52. The smallest absolute Gasteiger partial charge is 0.333 e. The summed E-state index contributed by atoms with van der Waals surface area (Å²) in [4.78, 5) is 50.7. The SMILES string of the molecule is C=C(C)C(=O)OCCCC(=O)OCCCC(=O)CP(=O)(O)O. The lowest BCUT2D eigenvalue weighted by atomic mass is 10.2. The number of esters is 2. The van der Waals surface area contributed by atoms with Gasteiger partial charge in [-0.2, -0.15) is 0 Å². The predicted octanol–water partition coefficient (Wildman–Crippen LogP) is 0.956. The Bertz CT molecular complexity index is 465. The van der Waals surface area contributed by atoms with E-state index in [1.165, 1.54) is 6.92 Å². The van der Waals surface area contributed by atoms with E-state index in [4.69, 9.17) is 19.3 Å². The lowest BCUT2D eigenvalue weighted by molar-refractivity contribution is -0.146. The largest absolute Gasteiger partial charge is 0.466 e. The number of ether oxygens (including phenoxy) is 2. The first-order chi connectivity index (χ1) is 10.1. The Labute approximate surface area is 128 Å². The fourth-order valence-electron chi connectivity index (χ4n) is 1.34. The Balaban J connectivity index is 3.62. The summed E-state index contributed by atoms with van der Waals surface area (Å²) in [7, 11) is -4.33. The van der Waals surface area contributed by atoms with Gasteiger partial charge in [-0.1, -0.05) is 6.58 Å². The second-order valence-corrected chi connectivity index (χ2v) is 6.35. The van der Waals surface area contributed by atoms with Gasteiger partial charge >= 0.3 is 19.5 Å². The molecule has 0 atom stereocenters. The molecular formula is C13H21O8P. The molecule has 0 fully saturated rings. The van der Waals surface area contributed by atoms with Gasteiger partial charge in [-0.3, -0.25) is 14.2 Å². The lowest BCUT2D eigenvalue weighted by Gasteiger charge is -2.06. The molecule has 8 nitrogen and oxygen atoms in total. The molecule has 0 saturated carbocycles. The summed E-state index contributed by atoms with van der Waals surface area (Å²) in [5, 5.41) is 0. The van der Waals surface area contributed by atoms with Crippen LogP contribution in [0.3, 0.4) is 0 Å². The first-order valence-corrected chi connectivity index (χ1v) is 8.46. The molecule has 0 unspecified atom stereocenters. The van der Waals surface area contributed by atoms with Gasteiger partial charge in [0.2, 0.25) is 0 Å². The fourth-order valence-corrected chi connectivity index (χ4v) is 1.96. The molecule has 0 aliphatic heterocycles. The van der Waals surface area contributed by atoms with Gasteiger partial charge < -0.3 is 19.3 Å². The second kappa shape index (κ2) is 10.3. The van der Waals surface area contributed by atoms with Crippen molar-refractivity contribution >= 4 is 25.3 Å². The molecule has 0 aliphatic rings. The molecule has 0 bridgehead atoms. The van der Waals surface area contributed by atoms with Gasteiger partial charge in [-0.05, 0) is 19.8 Å². The van der Waals surface area contributed by atoms with Crippen LogP contribution in [-0.4, -0.2) is 46.9 Å². The molecule has 0 spiro atoms. The predicted molar refractivity (Wildman–Crippen MR) is 77.1 cm³/mol. The van der Waals surface area contributed by atoms with E-state index in [9.17, 15) is 18.9 Å². The Morgan fingerprint density at radius 2 is 1.59 bits per heavy atom. The molecule has 0 saturated heterocycles. The van der Waals surface area contributed by atoms with E-state index in [1.54, 1.807) is 0 Å². The van der Waals surface area contributed by atoms with Crippen LogP contribution in [0.25, 0.3) is 0 Å². The monoisotopic (exact) mass is 336 g/mol. The molecule has 0 aliphatic carbocycles. The molecule has 0 aromatic carbocycles. The van der Waals surface area contributed by atoms with Crippen molar-refractivity contribution in [2.75, 3.05) is 19.4 Å². The maximum absolute atomic E-state index is 11.3. The van der Waals surface area contributed by atoms with E-state index in [0.29, 0.717) is 6.42 Å². The highest BCUT2D eigenvalue weighted by Crippen LogP contribution is 2.34. The molecule has 0 aromatic heterocycles. The number of hydrogen-bond acceptors (Lipinski definition) is 6. The quantitative estimate of drug-likeness (QED) is 0.247. The van der Waals surface area contributed by atoms with Crippen molar-refractivity contribution in [3.63, 3.8) is 0 Å². The summed E-state index contributed by atoms with van der Waals surface area (Å²) in [6.45, 7) is 5.01. The highest BCUT2D eigenvalue weighted by atomic mass is 31.2. The summed E-state index contributed by atoms with van der Waals surface area (Å²) in [5.74, 6) is -1.58. The molecule has 0 amide bonds. The van der Waals surface area contributed by atoms with Crippen LogP contribution >= 0.6 is 7.60 Å². The zero-order valence-corrected chi connectivity index (χ0v) is 13.3. The van der Waals surface area contributed by atoms with E-state index >= 15 is 0 Å². The van der Waals surface area contributed by atoms with Crippen molar-refractivity contribution in [1.82, 2.24) is 0 Å². The minimum absolute atomic E-state index is 0.00269. The number of hydrogen-bond donors (Lipinski definition) is 2. The zero-order valence-electron chi connectivity index (χ0n) is 12.4. The fraction of sp³-hybridized carbons (Fsp3) is 0.615. The van der Waals surface area contributed by atoms with Crippen LogP contribution < -0.4 is 0 Å². The molecule has 0 aromatic rings. The number of carbonyl (C=O) groups is 3. The third-order valence-electron chi connectivity index (χ3n) is 2.35.